The van der Waals surface area contributed by atoms with Crippen LogP contribution in [0.15, 0.2) is 40.7 Å². The van der Waals surface area contributed by atoms with Crippen LogP contribution in [-0.2, 0) is 20.8 Å². The minimum absolute atomic E-state index is 0.0914. The summed E-state index contributed by atoms with van der Waals surface area (Å²) in [5.74, 6) is -1.34. The van der Waals surface area contributed by atoms with Gasteiger partial charge in [0.1, 0.15) is 16.6 Å². The molecule has 3 heterocycles. The van der Waals surface area contributed by atoms with Crippen LogP contribution >= 0.6 is 11.3 Å². The van der Waals surface area contributed by atoms with E-state index in [0.717, 1.165) is 18.1 Å². The highest BCUT2D eigenvalue weighted by Crippen LogP contribution is 2.36. The van der Waals surface area contributed by atoms with E-state index < -0.39 is 39.3 Å². The van der Waals surface area contributed by atoms with Crippen molar-refractivity contribution < 1.29 is 31.1 Å². The quantitative estimate of drug-likeness (QED) is 0.419. The van der Waals surface area contributed by atoms with Gasteiger partial charge in [0.25, 0.3) is 0 Å². The molecule has 14 heteroatoms. The molecule has 0 amide bonds. The number of carbonyl (C=O) groups is 1. The molecule has 1 saturated heterocycles. The summed E-state index contributed by atoms with van der Waals surface area (Å²) in [6.45, 7) is 4.09. The van der Waals surface area contributed by atoms with Crippen LogP contribution in [0.2, 0.25) is 0 Å². The minimum Gasteiger partial charge on any atom is -0.462 e. The van der Waals surface area contributed by atoms with E-state index in [4.69, 9.17) is 4.74 Å². The first-order valence-corrected chi connectivity index (χ1v) is 14.0. The van der Waals surface area contributed by atoms with Crippen molar-refractivity contribution in [2.45, 2.75) is 31.0 Å². The Bertz CT molecular complexity index is 1410. The van der Waals surface area contributed by atoms with E-state index in [1.165, 1.54) is 24.3 Å². The number of anilines is 2. The SMILES string of the molecule is CCOC(=O)c1cnc(N2CCN(c3cccc(S(C)(=O)=O)c3)C[C@H]2c2nc(C)cs2)nc1C(F)(F)F. The number of aromatic nitrogens is 3. The molecular formula is C23H24F3N5O4S2. The van der Waals surface area contributed by atoms with E-state index >= 15 is 0 Å². The first-order chi connectivity index (χ1) is 17.4. The van der Waals surface area contributed by atoms with E-state index in [2.05, 4.69) is 15.0 Å². The molecular weight excluding hydrogens is 531 g/mol. The zero-order valence-electron chi connectivity index (χ0n) is 20.2. The number of nitrogens with zero attached hydrogens (tertiary/aromatic N) is 5. The van der Waals surface area contributed by atoms with Crippen molar-refractivity contribution >= 4 is 38.8 Å². The summed E-state index contributed by atoms with van der Waals surface area (Å²) in [6, 6.07) is 5.98. The van der Waals surface area contributed by atoms with Crippen LogP contribution in [0.25, 0.3) is 0 Å². The van der Waals surface area contributed by atoms with E-state index in [0.29, 0.717) is 23.8 Å². The van der Waals surface area contributed by atoms with Gasteiger partial charge in [-0.2, -0.15) is 13.2 Å². The van der Waals surface area contributed by atoms with Crippen molar-refractivity contribution in [3.05, 3.63) is 57.8 Å². The van der Waals surface area contributed by atoms with Crippen molar-refractivity contribution in [3.63, 3.8) is 0 Å². The van der Waals surface area contributed by atoms with Gasteiger partial charge in [-0.1, -0.05) is 6.07 Å². The van der Waals surface area contributed by atoms with Crippen molar-refractivity contribution in [1.29, 1.82) is 0 Å². The highest BCUT2D eigenvalue weighted by atomic mass is 32.2. The average Bonchev–Trinajstić information content (AvgIpc) is 3.28. The van der Waals surface area contributed by atoms with Gasteiger partial charge in [-0.15, -0.1) is 11.3 Å². The Hall–Kier alpha value is -3.26. The first kappa shape index (κ1) is 26.8. The number of sulfone groups is 1. The molecule has 9 nitrogen and oxygen atoms in total. The van der Waals surface area contributed by atoms with E-state index in [1.54, 1.807) is 23.1 Å². The number of hydrogen-bond donors (Lipinski definition) is 0. The van der Waals surface area contributed by atoms with Crippen LogP contribution in [0.3, 0.4) is 0 Å². The van der Waals surface area contributed by atoms with Crippen LogP contribution in [0.4, 0.5) is 24.8 Å². The standard InChI is InChI=1S/C23H24F3N5O4S2/c1-4-35-21(32)17-11-27-22(29-19(17)23(24,25)26)31-9-8-30(12-18(31)20-28-14(2)13-36-20)15-6-5-7-16(10-15)37(3,33)34/h5-7,10-11,13,18H,4,8-9,12H2,1-3H3/t18-/m0/s1. The maximum Gasteiger partial charge on any atom is 0.434 e. The number of alkyl halides is 3. The molecule has 3 aromatic rings. The van der Waals surface area contributed by atoms with Crippen LogP contribution in [0.5, 0.6) is 0 Å². The van der Waals surface area contributed by atoms with Gasteiger partial charge in [-0.25, -0.2) is 28.2 Å². The molecule has 37 heavy (non-hydrogen) atoms. The van der Waals surface area contributed by atoms with E-state index in [9.17, 15) is 26.4 Å². The summed E-state index contributed by atoms with van der Waals surface area (Å²) < 4.78 is 70.4. The third-order valence-electron chi connectivity index (χ3n) is 5.71. The number of rotatable bonds is 6. The Labute approximate surface area is 215 Å². The largest absolute Gasteiger partial charge is 0.462 e. The van der Waals surface area contributed by atoms with E-state index in [1.807, 2.05) is 17.2 Å². The van der Waals surface area contributed by atoms with Gasteiger partial charge in [0, 0.05) is 48.8 Å². The third-order valence-corrected chi connectivity index (χ3v) is 7.88. The molecule has 2 aromatic heterocycles. The smallest absolute Gasteiger partial charge is 0.434 e. The summed E-state index contributed by atoms with van der Waals surface area (Å²) in [5.41, 5.74) is -0.703. The van der Waals surface area contributed by atoms with Crippen molar-refractivity contribution in [1.82, 2.24) is 15.0 Å². The van der Waals surface area contributed by atoms with Crippen molar-refractivity contribution in [2.24, 2.45) is 0 Å². The third kappa shape index (κ3) is 5.85. The molecule has 0 unspecified atom stereocenters. The van der Waals surface area contributed by atoms with Gasteiger partial charge in [0.15, 0.2) is 15.5 Å². The zero-order valence-corrected chi connectivity index (χ0v) is 21.8. The summed E-state index contributed by atoms with van der Waals surface area (Å²) in [7, 11) is -3.43. The summed E-state index contributed by atoms with van der Waals surface area (Å²) in [6.07, 6.45) is -2.93. The molecule has 0 radical (unpaired) electrons. The van der Waals surface area contributed by atoms with Crippen LogP contribution in [0, 0.1) is 6.92 Å². The normalized spacial score (nSPS) is 16.6. The number of aryl methyl sites for hydroxylation is 1. The Kier molecular flexibility index (Phi) is 7.42. The monoisotopic (exact) mass is 555 g/mol. The van der Waals surface area contributed by atoms with Crippen LogP contribution in [0.1, 0.15) is 39.7 Å². The molecule has 0 bridgehead atoms. The Balaban J connectivity index is 1.73. The summed E-state index contributed by atoms with van der Waals surface area (Å²) in [4.78, 5) is 28.3. The zero-order chi connectivity index (χ0) is 27.0. The molecule has 4 rings (SSSR count). The Morgan fingerprint density at radius 3 is 2.62 bits per heavy atom. The lowest BCUT2D eigenvalue weighted by Gasteiger charge is -2.41. The van der Waals surface area contributed by atoms with Crippen LogP contribution in [-0.4, -0.2) is 61.8 Å². The molecule has 1 aromatic carbocycles. The molecule has 0 aliphatic carbocycles. The van der Waals surface area contributed by atoms with Crippen LogP contribution < -0.4 is 9.80 Å². The average molecular weight is 556 g/mol. The highest BCUT2D eigenvalue weighted by molar-refractivity contribution is 7.90. The van der Waals surface area contributed by atoms with Gasteiger partial charge in [-0.05, 0) is 32.0 Å². The molecule has 198 valence electrons. The number of esters is 1. The number of halogens is 3. The number of hydrogen-bond acceptors (Lipinski definition) is 10. The maximum atomic E-state index is 13.9. The Morgan fingerprint density at radius 2 is 2.00 bits per heavy atom. The topological polar surface area (TPSA) is 106 Å². The fraction of sp³-hybridized carbons (Fsp3) is 0.391. The lowest BCUT2D eigenvalue weighted by molar-refractivity contribution is -0.141. The maximum absolute atomic E-state index is 13.9. The first-order valence-electron chi connectivity index (χ1n) is 11.2. The van der Waals surface area contributed by atoms with Crippen molar-refractivity contribution in [3.8, 4) is 0 Å². The van der Waals surface area contributed by atoms with Gasteiger partial charge in [-0.3, -0.25) is 0 Å². The number of carbonyl (C=O) groups excluding carboxylic acids is 1. The molecule has 1 atom stereocenters. The molecule has 1 aliphatic heterocycles. The fourth-order valence-electron chi connectivity index (χ4n) is 3.99. The molecule has 0 saturated carbocycles. The van der Waals surface area contributed by atoms with Crippen molar-refractivity contribution in [2.75, 3.05) is 42.3 Å². The minimum atomic E-state index is -4.90. The highest BCUT2D eigenvalue weighted by Gasteiger charge is 2.40. The molecule has 0 spiro atoms. The Morgan fingerprint density at radius 1 is 1.24 bits per heavy atom. The second kappa shape index (κ2) is 10.2. The lowest BCUT2D eigenvalue weighted by Crippen LogP contribution is -2.49. The lowest BCUT2D eigenvalue weighted by atomic mass is 10.1. The number of piperazine rings is 1. The second-order valence-corrected chi connectivity index (χ2v) is 11.3. The van der Waals surface area contributed by atoms with E-state index in [-0.39, 0.29) is 24.0 Å². The summed E-state index contributed by atoms with van der Waals surface area (Å²) >= 11 is 1.36. The number of ether oxygens (including phenoxy) is 1. The molecule has 1 fully saturated rings. The van der Waals surface area contributed by atoms with Gasteiger partial charge < -0.3 is 14.5 Å². The predicted octanol–water partition coefficient (Wildman–Crippen LogP) is 3.91. The second-order valence-electron chi connectivity index (χ2n) is 8.40. The van der Waals surface area contributed by atoms with Gasteiger partial charge >= 0.3 is 12.1 Å². The fourth-order valence-corrected chi connectivity index (χ4v) is 5.55. The van der Waals surface area contributed by atoms with Gasteiger partial charge in [0.05, 0.1) is 11.5 Å². The molecule has 1 aliphatic rings. The van der Waals surface area contributed by atoms with Gasteiger partial charge in [0.2, 0.25) is 5.95 Å². The predicted molar refractivity (Wildman–Crippen MR) is 132 cm³/mol. The molecule has 0 N–H and O–H groups in total. The number of thiazole rings is 1. The number of benzene rings is 1. The summed E-state index contributed by atoms with van der Waals surface area (Å²) in [5, 5.41) is 2.48.